The number of nitrogens with zero attached hydrogens (tertiary/aromatic N) is 1. The first kappa shape index (κ1) is 20.9. The second-order valence-corrected chi connectivity index (χ2v) is 8.94. The Kier molecular flexibility index (Phi) is 7.68. The summed E-state index contributed by atoms with van der Waals surface area (Å²) in [6.07, 6.45) is 4.90. The van der Waals surface area contributed by atoms with Gasteiger partial charge >= 0.3 is 0 Å². The Morgan fingerprint density at radius 2 is 2.00 bits per heavy atom. The smallest absolute Gasteiger partial charge is 0.236 e. The van der Waals surface area contributed by atoms with Crippen molar-refractivity contribution in [2.45, 2.75) is 45.6 Å². The van der Waals surface area contributed by atoms with Gasteiger partial charge < -0.3 is 5.32 Å². The van der Waals surface area contributed by atoms with Crippen LogP contribution in [0.3, 0.4) is 0 Å². The van der Waals surface area contributed by atoms with Gasteiger partial charge in [0, 0.05) is 29.6 Å². The highest BCUT2D eigenvalue weighted by Gasteiger charge is 2.35. The number of rotatable bonds is 7. The monoisotopic (exact) mass is 398 g/mol. The Balaban J connectivity index is 2.06. The fourth-order valence-electron chi connectivity index (χ4n) is 2.99. The summed E-state index contributed by atoms with van der Waals surface area (Å²) in [5.41, 5.74) is 0.761. The van der Waals surface area contributed by atoms with Crippen LogP contribution < -0.4 is 5.32 Å². The average molecular weight is 399 g/mol. The summed E-state index contributed by atoms with van der Waals surface area (Å²) in [4.78, 5) is 12.3. The van der Waals surface area contributed by atoms with Gasteiger partial charge in [-0.1, -0.05) is 37.1 Å². The summed E-state index contributed by atoms with van der Waals surface area (Å²) in [6.45, 7) is 4.83. The number of piperidine rings is 1. The molecule has 1 aromatic carbocycles. The summed E-state index contributed by atoms with van der Waals surface area (Å²) in [7, 11) is -3.59. The molecule has 1 amide bonds. The van der Waals surface area contributed by atoms with E-state index in [1.165, 1.54) is 9.71 Å². The van der Waals surface area contributed by atoms with Crippen LogP contribution in [0.25, 0.3) is 6.08 Å². The largest absolute Gasteiger partial charge is 0.356 e. The maximum absolute atomic E-state index is 12.7. The van der Waals surface area contributed by atoms with E-state index in [2.05, 4.69) is 12.2 Å². The minimum Gasteiger partial charge on any atom is -0.356 e. The number of carbonyl (C=O) groups is 1. The molecule has 2 unspecified atom stereocenters. The Morgan fingerprint density at radius 1 is 1.31 bits per heavy atom. The number of halogens is 1. The molecule has 1 aliphatic rings. The molecule has 0 saturated carbocycles. The predicted octanol–water partition coefficient (Wildman–Crippen LogP) is 3.66. The van der Waals surface area contributed by atoms with Crippen molar-refractivity contribution in [1.29, 1.82) is 0 Å². The van der Waals surface area contributed by atoms with Gasteiger partial charge in [0.15, 0.2) is 0 Å². The first-order valence-corrected chi connectivity index (χ1v) is 10.9. The summed E-state index contributed by atoms with van der Waals surface area (Å²) < 4.78 is 26.9. The molecule has 2 rings (SSSR count). The molecule has 0 spiro atoms. The highest BCUT2D eigenvalue weighted by molar-refractivity contribution is 7.92. The normalized spacial score (nSPS) is 21.8. The SMILES string of the molecule is CCCCNC(=O)C1CCC(C)N(S(=O)(=O)/C=C/c2ccc(Cl)cc2)C1. The molecule has 2 atom stereocenters. The summed E-state index contributed by atoms with van der Waals surface area (Å²) in [6, 6.07) is 6.84. The summed E-state index contributed by atoms with van der Waals surface area (Å²) in [5.74, 6) is -0.339. The standard InChI is InChI=1S/C19H27ClN2O3S/c1-3-4-12-21-19(23)17-8-5-15(2)22(14-17)26(24,25)13-11-16-6-9-18(20)10-7-16/h6-7,9-11,13,15,17H,3-5,8,12,14H2,1-2H3,(H,21,23)/b13-11+. The molecule has 26 heavy (non-hydrogen) atoms. The first-order chi connectivity index (χ1) is 12.3. The Labute approximate surface area is 161 Å². The Morgan fingerprint density at radius 3 is 2.65 bits per heavy atom. The zero-order valence-electron chi connectivity index (χ0n) is 15.3. The molecule has 1 heterocycles. The number of benzene rings is 1. The maximum Gasteiger partial charge on any atom is 0.236 e. The van der Waals surface area contributed by atoms with Crippen LogP contribution in [0.1, 0.15) is 45.1 Å². The van der Waals surface area contributed by atoms with Crippen molar-refractivity contribution in [2.24, 2.45) is 5.92 Å². The molecule has 0 aromatic heterocycles. The van der Waals surface area contributed by atoms with Crippen LogP contribution in [-0.2, 0) is 14.8 Å². The van der Waals surface area contributed by atoms with Crippen LogP contribution in [-0.4, -0.2) is 37.8 Å². The van der Waals surface area contributed by atoms with Crippen LogP contribution in [0, 0.1) is 5.92 Å². The zero-order chi connectivity index (χ0) is 19.2. The second kappa shape index (κ2) is 9.53. The van der Waals surface area contributed by atoms with E-state index in [0.717, 1.165) is 18.4 Å². The van der Waals surface area contributed by atoms with E-state index in [4.69, 9.17) is 11.6 Å². The van der Waals surface area contributed by atoms with E-state index in [1.54, 1.807) is 30.3 Å². The number of carbonyl (C=O) groups excluding carboxylic acids is 1. The molecule has 1 N–H and O–H groups in total. The lowest BCUT2D eigenvalue weighted by Crippen LogP contribution is -2.48. The fourth-order valence-corrected chi connectivity index (χ4v) is 4.60. The quantitative estimate of drug-likeness (QED) is 0.713. The zero-order valence-corrected chi connectivity index (χ0v) is 16.9. The van der Waals surface area contributed by atoms with Crippen LogP contribution >= 0.6 is 11.6 Å². The number of sulfonamides is 1. The van der Waals surface area contributed by atoms with Crippen molar-refractivity contribution >= 4 is 33.6 Å². The van der Waals surface area contributed by atoms with Crippen molar-refractivity contribution in [1.82, 2.24) is 9.62 Å². The highest BCUT2D eigenvalue weighted by Crippen LogP contribution is 2.26. The van der Waals surface area contributed by atoms with Crippen LogP contribution in [0.15, 0.2) is 29.7 Å². The molecule has 5 nitrogen and oxygen atoms in total. The lowest BCUT2D eigenvalue weighted by atomic mass is 9.94. The molecule has 0 bridgehead atoms. The van der Waals surface area contributed by atoms with E-state index < -0.39 is 10.0 Å². The van der Waals surface area contributed by atoms with Crippen LogP contribution in [0.4, 0.5) is 0 Å². The third-order valence-corrected chi connectivity index (χ3v) is 6.55. The van der Waals surface area contributed by atoms with Gasteiger partial charge in [-0.3, -0.25) is 4.79 Å². The lowest BCUT2D eigenvalue weighted by molar-refractivity contribution is -0.126. The molecule has 0 radical (unpaired) electrons. The number of amides is 1. The van der Waals surface area contributed by atoms with Gasteiger partial charge in [-0.05, 0) is 50.0 Å². The Hall–Kier alpha value is -1.37. The van der Waals surface area contributed by atoms with Crippen molar-refractivity contribution in [2.75, 3.05) is 13.1 Å². The van der Waals surface area contributed by atoms with Crippen LogP contribution in [0.2, 0.25) is 5.02 Å². The van der Waals surface area contributed by atoms with Crippen molar-refractivity contribution < 1.29 is 13.2 Å². The minimum atomic E-state index is -3.59. The van der Waals surface area contributed by atoms with Gasteiger partial charge in [0.1, 0.15) is 0 Å². The van der Waals surface area contributed by atoms with Gasteiger partial charge in [-0.25, -0.2) is 8.42 Å². The molecule has 1 fully saturated rings. The summed E-state index contributed by atoms with van der Waals surface area (Å²) in [5, 5.41) is 4.73. The van der Waals surface area contributed by atoms with E-state index >= 15 is 0 Å². The van der Waals surface area contributed by atoms with Crippen molar-refractivity contribution in [3.05, 3.63) is 40.3 Å². The minimum absolute atomic E-state index is 0.0489. The lowest BCUT2D eigenvalue weighted by Gasteiger charge is -2.35. The molecule has 7 heteroatoms. The van der Waals surface area contributed by atoms with Crippen molar-refractivity contribution in [3.63, 3.8) is 0 Å². The Bertz CT molecular complexity index is 732. The van der Waals surface area contributed by atoms with E-state index in [9.17, 15) is 13.2 Å². The fraction of sp³-hybridized carbons (Fsp3) is 0.526. The highest BCUT2D eigenvalue weighted by atomic mass is 35.5. The average Bonchev–Trinajstić information content (AvgIpc) is 2.61. The predicted molar refractivity (Wildman–Crippen MR) is 106 cm³/mol. The van der Waals surface area contributed by atoms with E-state index in [-0.39, 0.29) is 24.4 Å². The third kappa shape index (κ3) is 5.83. The van der Waals surface area contributed by atoms with Gasteiger partial charge in [0.2, 0.25) is 15.9 Å². The number of hydrogen-bond acceptors (Lipinski definition) is 3. The van der Waals surface area contributed by atoms with E-state index in [1.807, 2.05) is 6.92 Å². The van der Waals surface area contributed by atoms with Gasteiger partial charge in [-0.15, -0.1) is 0 Å². The number of hydrogen-bond donors (Lipinski definition) is 1. The molecular weight excluding hydrogens is 372 g/mol. The molecule has 1 aromatic rings. The molecule has 0 aliphatic carbocycles. The molecule has 1 aliphatic heterocycles. The number of unbranched alkanes of at least 4 members (excludes halogenated alkanes) is 1. The van der Waals surface area contributed by atoms with E-state index in [0.29, 0.717) is 24.4 Å². The number of nitrogens with one attached hydrogen (secondary N) is 1. The summed E-state index contributed by atoms with van der Waals surface area (Å²) >= 11 is 5.85. The third-order valence-electron chi connectivity index (χ3n) is 4.65. The maximum atomic E-state index is 12.7. The van der Waals surface area contributed by atoms with Crippen molar-refractivity contribution in [3.8, 4) is 0 Å². The van der Waals surface area contributed by atoms with Gasteiger partial charge in [-0.2, -0.15) is 4.31 Å². The molecule has 1 saturated heterocycles. The van der Waals surface area contributed by atoms with Gasteiger partial charge in [0.25, 0.3) is 0 Å². The topological polar surface area (TPSA) is 66.5 Å². The van der Waals surface area contributed by atoms with Gasteiger partial charge in [0.05, 0.1) is 5.92 Å². The first-order valence-electron chi connectivity index (χ1n) is 9.06. The van der Waals surface area contributed by atoms with Crippen LogP contribution in [0.5, 0.6) is 0 Å². The molecular formula is C19H27ClN2O3S. The second-order valence-electron chi connectivity index (χ2n) is 6.74. The molecule has 144 valence electrons.